The molecule has 0 amide bonds. The van der Waals surface area contributed by atoms with Gasteiger partial charge in [0.2, 0.25) is 0 Å². The summed E-state index contributed by atoms with van der Waals surface area (Å²) in [4.78, 5) is 8.36. The van der Waals surface area contributed by atoms with E-state index in [2.05, 4.69) is 9.97 Å². The smallest absolute Gasteiger partial charge is 0.158 e. The van der Waals surface area contributed by atoms with Crippen molar-refractivity contribution in [2.45, 2.75) is 6.10 Å². The molecule has 0 saturated heterocycles. The van der Waals surface area contributed by atoms with E-state index >= 15 is 0 Å². The number of furan rings is 1. The van der Waals surface area contributed by atoms with E-state index in [9.17, 15) is 5.11 Å². The minimum Gasteiger partial charge on any atom is -0.464 e. The Hall–Kier alpha value is -2.24. The number of nitrogens with zero attached hydrogens (tertiary/aromatic N) is 2. The van der Waals surface area contributed by atoms with Gasteiger partial charge in [0.15, 0.2) is 5.82 Å². The average Bonchev–Trinajstić information content (AvgIpc) is 2.90. The van der Waals surface area contributed by atoms with Gasteiger partial charge in [0.1, 0.15) is 18.0 Å². The lowest BCUT2D eigenvalue weighted by atomic mass is 10.1. The molecule has 1 atom stereocenters. The van der Waals surface area contributed by atoms with Gasteiger partial charge in [0.25, 0.3) is 0 Å². The molecular formula is C14H13N3O2. The van der Waals surface area contributed by atoms with Crippen LogP contribution in [0.25, 0.3) is 22.2 Å². The zero-order chi connectivity index (χ0) is 13.2. The number of rotatable bonds is 3. The highest BCUT2D eigenvalue weighted by molar-refractivity contribution is 5.92. The van der Waals surface area contributed by atoms with Crippen molar-refractivity contribution >= 4 is 11.0 Å². The number of fused-ring (bicyclic) bond motifs is 1. The highest BCUT2D eigenvalue weighted by Gasteiger charge is 2.13. The minimum absolute atomic E-state index is 0.0928. The second kappa shape index (κ2) is 4.79. The first-order valence-electron chi connectivity index (χ1n) is 5.97. The third kappa shape index (κ3) is 2.09. The molecule has 0 bridgehead atoms. The lowest BCUT2D eigenvalue weighted by molar-refractivity contribution is 0.176. The van der Waals surface area contributed by atoms with Crippen LogP contribution in [0.1, 0.15) is 11.9 Å². The second-order valence-corrected chi connectivity index (χ2v) is 4.20. The normalized spacial score (nSPS) is 12.7. The van der Waals surface area contributed by atoms with Crippen LogP contribution in [-0.2, 0) is 0 Å². The summed E-state index contributed by atoms with van der Waals surface area (Å²) in [5, 5.41) is 10.7. The van der Waals surface area contributed by atoms with Crippen molar-refractivity contribution in [3.63, 3.8) is 0 Å². The fourth-order valence-electron chi connectivity index (χ4n) is 1.97. The predicted molar refractivity (Wildman–Crippen MR) is 71.3 cm³/mol. The Labute approximate surface area is 109 Å². The van der Waals surface area contributed by atoms with Gasteiger partial charge in [-0.15, -0.1) is 0 Å². The number of nitrogens with two attached hydrogens (primary N) is 1. The highest BCUT2D eigenvalue weighted by Crippen LogP contribution is 2.29. The molecule has 0 aliphatic rings. The fraction of sp³-hybridized carbons (Fsp3) is 0.143. The van der Waals surface area contributed by atoms with E-state index in [1.165, 1.54) is 0 Å². The monoisotopic (exact) mass is 255 g/mol. The second-order valence-electron chi connectivity index (χ2n) is 4.20. The number of hydrogen-bond donors (Lipinski definition) is 2. The molecule has 0 aliphatic heterocycles. The fourth-order valence-corrected chi connectivity index (χ4v) is 1.97. The van der Waals surface area contributed by atoms with E-state index in [1.54, 1.807) is 18.5 Å². The van der Waals surface area contributed by atoms with Gasteiger partial charge in [0, 0.05) is 23.7 Å². The molecule has 3 rings (SSSR count). The van der Waals surface area contributed by atoms with Crippen LogP contribution in [0.2, 0.25) is 0 Å². The van der Waals surface area contributed by atoms with Crippen LogP contribution < -0.4 is 5.73 Å². The Bertz CT molecular complexity index is 708. The van der Waals surface area contributed by atoms with E-state index in [1.807, 2.05) is 24.3 Å². The van der Waals surface area contributed by atoms with Crippen molar-refractivity contribution < 1.29 is 9.52 Å². The zero-order valence-corrected chi connectivity index (χ0v) is 10.2. The molecule has 0 fully saturated rings. The molecule has 1 unspecified atom stereocenters. The molecule has 0 aliphatic carbocycles. The van der Waals surface area contributed by atoms with Gasteiger partial charge >= 0.3 is 0 Å². The van der Waals surface area contributed by atoms with Crippen LogP contribution in [0.5, 0.6) is 0 Å². The topological polar surface area (TPSA) is 85.2 Å². The molecule has 2 aromatic heterocycles. The van der Waals surface area contributed by atoms with Crippen molar-refractivity contribution in [1.29, 1.82) is 0 Å². The largest absolute Gasteiger partial charge is 0.464 e. The maximum absolute atomic E-state index is 9.69. The van der Waals surface area contributed by atoms with Gasteiger partial charge in [-0.3, -0.25) is 0 Å². The summed E-state index contributed by atoms with van der Waals surface area (Å²) >= 11 is 0. The molecule has 5 nitrogen and oxygen atoms in total. The Morgan fingerprint density at radius 1 is 1.26 bits per heavy atom. The molecule has 19 heavy (non-hydrogen) atoms. The van der Waals surface area contributed by atoms with Crippen LogP contribution in [0, 0.1) is 0 Å². The van der Waals surface area contributed by atoms with Crippen LogP contribution in [0.3, 0.4) is 0 Å². The zero-order valence-electron chi connectivity index (χ0n) is 10.2. The van der Waals surface area contributed by atoms with Crippen LogP contribution in [-0.4, -0.2) is 21.6 Å². The van der Waals surface area contributed by atoms with Gasteiger partial charge in [-0.25, -0.2) is 9.97 Å². The standard InChI is InChI=1S/C14H13N3O2/c15-7-12(18)14-16-6-5-11(17-14)10-8-19-13-4-2-1-3-9(10)13/h1-6,8,12,18H,7,15H2. The minimum atomic E-state index is -0.849. The van der Waals surface area contributed by atoms with Gasteiger partial charge in [-0.2, -0.15) is 0 Å². The molecule has 3 N–H and O–H groups in total. The first-order valence-corrected chi connectivity index (χ1v) is 5.97. The number of aliphatic hydroxyl groups is 1. The van der Waals surface area contributed by atoms with Gasteiger partial charge < -0.3 is 15.3 Å². The summed E-state index contributed by atoms with van der Waals surface area (Å²) in [7, 11) is 0. The van der Waals surface area contributed by atoms with E-state index in [0.29, 0.717) is 11.5 Å². The summed E-state index contributed by atoms with van der Waals surface area (Å²) in [5.74, 6) is 0.324. The SMILES string of the molecule is NCC(O)c1nccc(-c2coc3ccccc23)n1. The van der Waals surface area contributed by atoms with Crippen molar-refractivity contribution in [2.75, 3.05) is 6.54 Å². The number of hydrogen-bond acceptors (Lipinski definition) is 5. The first-order chi connectivity index (χ1) is 9.29. The molecule has 1 aromatic carbocycles. The van der Waals surface area contributed by atoms with E-state index in [-0.39, 0.29) is 6.54 Å². The lowest BCUT2D eigenvalue weighted by Crippen LogP contribution is -2.14. The summed E-state index contributed by atoms with van der Waals surface area (Å²) in [6, 6.07) is 9.51. The maximum atomic E-state index is 9.69. The number of para-hydroxylation sites is 1. The maximum Gasteiger partial charge on any atom is 0.158 e. The summed E-state index contributed by atoms with van der Waals surface area (Å²) < 4.78 is 5.48. The third-order valence-electron chi connectivity index (χ3n) is 2.95. The van der Waals surface area contributed by atoms with Crippen molar-refractivity contribution in [3.05, 3.63) is 48.6 Å². The van der Waals surface area contributed by atoms with Gasteiger partial charge in [0.05, 0.1) is 5.69 Å². The Kier molecular flexibility index (Phi) is 2.98. The number of aliphatic hydroxyl groups excluding tert-OH is 1. The van der Waals surface area contributed by atoms with Crippen molar-refractivity contribution in [2.24, 2.45) is 5.73 Å². The van der Waals surface area contributed by atoms with E-state index in [4.69, 9.17) is 10.2 Å². The summed E-state index contributed by atoms with van der Waals surface area (Å²) in [6.07, 6.45) is 2.42. The molecule has 0 spiro atoms. The molecular weight excluding hydrogens is 242 g/mol. The lowest BCUT2D eigenvalue weighted by Gasteiger charge is -2.06. The van der Waals surface area contributed by atoms with Crippen molar-refractivity contribution in [3.8, 4) is 11.3 Å². The molecule has 96 valence electrons. The molecule has 0 saturated carbocycles. The molecule has 5 heteroatoms. The number of benzene rings is 1. The Morgan fingerprint density at radius 3 is 2.95 bits per heavy atom. The highest BCUT2D eigenvalue weighted by atomic mass is 16.3. The Balaban J connectivity index is 2.11. The third-order valence-corrected chi connectivity index (χ3v) is 2.95. The van der Waals surface area contributed by atoms with Crippen LogP contribution in [0.15, 0.2) is 47.2 Å². The molecule has 2 heterocycles. The van der Waals surface area contributed by atoms with Crippen LogP contribution in [0.4, 0.5) is 0 Å². The average molecular weight is 255 g/mol. The van der Waals surface area contributed by atoms with Gasteiger partial charge in [-0.05, 0) is 12.1 Å². The van der Waals surface area contributed by atoms with E-state index < -0.39 is 6.10 Å². The van der Waals surface area contributed by atoms with Gasteiger partial charge in [-0.1, -0.05) is 18.2 Å². The van der Waals surface area contributed by atoms with E-state index in [0.717, 1.165) is 16.5 Å². The summed E-state index contributed by atoms with van der Waals surface area (Å²) in [6.45, 7) is 0.0928. The molecule has 0 radical (unpaired) electrons. The quantitative estimate of drug-likeness (QED) is 0.746. The number of aromatic nitrogens is 2. The Morgan fingerprint density at radius 2 is 2.11 bits per heavy atom. The van der Waals surface area contributed by atoms with Crippen LogP contribution >= 0.6 is 0 Å². The van der Waals surface area contributed by atoms with Crippen molar-refractivity contribution in [1.82, 2.24) is 9.97 Å². The molecule has 3 aromatic rings. The summed E-state index contributed by atoms with van der Waals surface area (Å²) in [5.41, 5.74) is 7.81. The first kappa shape index (κ1) is 11.8. The predicted octanol–water partition coefficient (Wildman–Crippen LogP) is 1.88.